The zero-order valence-electron chi connectivity index (χ0n) is 14.6. The van der Waals surface area contributed by atoms with Gasteiger partial charge in [-0.25, -0.2) is 8.42 Å². The molecule has 2 saturated heterocycles. The maximum Gasteiger partial charge on any atom is 0.254 e. The molecule has 1 atom stereocenters. The highest BCUT2D eigenvalue weighted by molar-refractivity contribution is 7.89. The van der Waals surface area contributed by atoms with Crippen LogP contribution < -0.4 is 5.73 Å². The van der Waals surface area contributed by atoms with Crippen molar-refractivity contribution in [2.45, 2.75) is 49.5 Å². The minimum atomic E-state index is -3.55. The number of nitrogens with zero attached hydrogens (tertiary/aromatic N) is 2. The van der Waals surface area contributed by atoms with Gasteiger partial charge in [0.25, 0.3) is 5.91 Å². The standard InChI is InChI=1S/C18H27N3O3S/c19-14-16-8-6-12-21(16)18(22)15-7-5-9-17(13-15)25(23,24)20-10-3-1-2-4-11-20/h5,7,9,13,16H,1-4,6,8,10-12,14,19H2. The molecule has 6 nitrogen and oxygen atoms in total. The summed E-state index contributed by atoms with van der Waals surface area (Å²) in [5.74, 6) is -0.124. The zero-order valence-corrected chi connectivity index (χ0v) is 15.4. The Bertz CT molecular complexity index is 712. The zero-order chi connectivity index (χ0) is 17.9. The van der Waals surface area contributed by atoms with Crippen LogP contribution in [0.15, 0.2) is 29.2 Å². The third-order valence-corrected chi connectivity index (χ3v) is 7.09. The number of hydrogen-bond donors (Lipinski definition) is 1. The highest BCUT2D eigenvalue weighted by atomic mass is 32.2. The molecule has 0 bridgehead atoms. The molecule has 7 heteroatoms. The van der Waals surface area contributed by atoms with E-state index in [0.29, 0.717) is 31.7 Å². The van der Waals surface area contributed by atoms with Gasteiger partial charge in [0.1, 0.15) is 0 Å². The van der Waals surface area contributed by atoms with E-state index in [2.05, 4.69) is 0 Å². The molecule has 2 aliphatic heterocycles. The van der Waals surface area contributed by atoms with Gasteiger partial charge in [-0.15, -0.1) is 0 Å². The summed E-state index contributed by atoms with van der Waals surface area (Å²) in [6.07, 6.45) is 5.78. The van der Waals surface area contributed by atoms with Crippen LogP contribution in [0.2, 0.25) is 0 Å². The molecular weight excluding hydrogens is 338 g/mol. The average Bonchev–Trinajstić information content (AvgIpc) is 2.93. The van der Waals surface area contributed by atoms with E-state index in [-0.39, 0.29) is 16.8 Å². The maximum absolute atomic E-state index is 12.9. The van der Waals surface area contributed by atoms with Crippen LogP contribution >= 0.6 is 0 Å². The normalized spacial score (nSPS) is 22.8. The number of sulfonamides is 1. The first-order valence-corrected chi connectivity index (χ1v) is 10.6. The fourth-order valence-electron chi connectivity index (χ4n) is 3.73. The second kappa shape index (κ2) is 7.85. The molecule has 3 rings (SSSR count). The Kier molecular flexibility index (Phi) is 5.76. The summed E-state index contributed by atoms with van der Waals surface area (Å²) in [5, 5.41) is 0. The number of hydrogen-bond acceptors (Lipinski definition) is 4. The summed E-state index contributed by atoms with van der Waals surface area (Å²) in [6.45, 7) is 2.24. The molecule has 0 radical (unpaired) electrons. The van der Waals surface area contributed by atoms with E-state index in [9.17, 15) is 13.2 Å². The highest BCUT2D eigenvalue weighted by Crippen LogP contribution is 2.24. The van der Waals surface area contributed by atoms with Gasteiger partial charge >= 0.3 is 0 Å². The van der Waals surface area contributed by atoms with Crippen molar-refractivity contribution in [3.05, 3.63) is 29.8 Å². The SMILES string of the molecule is NCC1CCCN1C(=O)c1cccc(S(=O)(=O)N2CCCCCC2)c1. The second-order valence-corrected chi connectivity index (χ2v) is 8.81. The number of rotatable bonds is 4. The monoisotopic (exact) mass is 365 g/mol. The van der Waals surface area contributed by atoms with Gasteiger partial charge in [-0.1, -0.05) is 18.9 Å². The Hall–Kier alpha value is -1.44. The topological polar surface area (TPSA) is 83.7 Å². The lowest BCUT2D eigenvalue weighted by molar-refractivity contribution is 0.0741. The minimum absolute atomic E-state index is 0.0540. The summed E-state index contributed by atoms with van der Waals surface area (Å²) >= 11 is 0. The fourth-order valence-corrected chi connectivity index (χ4v) is 5.30. The Morgan fingerprint density at radius 1 is 1.08 bits per heavy atom. The van der Waals surface area contributed by atoms with Gasteiger partial charge in [-0.3, -0.25) is 4.79 Å². The minimum Gasteiger partial charge on any atom is -0.334 e. The molecule has 2 N–H and O–H groups in total. The van der Waals surface area contributed by atoms with Crippen molar-refractivity contribution in [1.29, 1.82) is 0 Å². The third kappa shape index (κ3) is 3.88. The molecule has 0 saturated carbocycles. The molecule has 138 valence electrons. The van der Waals surface area contributed by atoms with Crippen LogP contribution in [0.25, 0.3) is 0 Å². The Balaban J connectivity index is 1.84. The number of carbonyl (C=O) groups excluding carboxylic acids is 1. The second-order valence-electron chi connectivity index (χ2n) is 6.88. The van der Waals surface area contributed by atoms with Crippen LogP contribution in [0.5, 0.6) is 0 Å². The van der Waals surface area contributed by atoms with E-state index in [1.807, 2.05) is 0 Å². The van der Waals surface area contributed by atoms with E-state index < -0.39 is 10.0 Å². The molecular formula is C18H27N3O3S. The first-order valence-electron chi connectivity index (χ1n) is 9.15. The first kappa shape index (κ1) is 18.4. The van der Waals surface area contributed by atoms with Crippen LogP contribution in [0.3, 0.4) is 0 Å². The van der Waals surface area contributed by atoms with Gasteiger partial charge in [-0.2, -0.15) is 4.31 Å². The van der Waals surface area contributed by atoms with Gasteiger partial charge < -0.3 is 10.6 Å². The van der Waals surface area contributed by atoms with Crippen molar-refractivity contribution in [2.24, 2.45) is 5.73 Å². The molecule has 0 aliphatic carbocycles. The molecule has 1 aromatic carbocycles. The summed E-state index contributed by atoms with van der Waals surface area (Å²) in [6, 6.07) is 6.51. The number of amides is 1. The molecule has 2 heterocycles. The van der Waals surface area contributed by atoms with Crippen LogP contribution in [0.4, 0.5) is 0 Å². The number of nitrogens with two attached hydrogens (primary N) is 1. The van der Waals surface area contributed by atoms with Crippen molar-refractivity contribution in [3.8, 4) is 0 Å². The third-order valence-electron chi connectivity index (χ3n) is 5.19. The van der Waals surface area contributed by atoms with Crippen molar-refractivity contribution in [3.63, 3.8) is 0 Å². The summed E-state index contributed by atoms with van der Waals surface area (Å²) in [4.78, 5) is 14.8. The van der Waals surface area contributed by atoms with E-state index in [0.717, 1.165) is 38.5 Å². The van der Waals surface area contributed by atoms with Gasteiger partial charge in [0, 0.05) is 37.8 Å². The quantitative estimate of drug-likeness (QED) is 0.882. The molecule has 1 aromatic rings. The molecule has 25 heavy (non-hydrogen) atoms. The molecule has 1 amide bonds. The van der Waals surface area contributed by atoms with Gasteiger partial charge in [0.15, 0.2) is 0 Å². The number of benzene rings is 1. The van der Waals surface area contributed by atoms with Crippen LogP contribution in [0.1, 0.15) is 48.9 Å². The van der Waals surface area contributed by atoms with Crippen molar-refractivity contribution < 1.29 is 13.2 Å². The predicted octanol–water partition coefficient (Wildman–Crippen LogP) is 1.81. The number of likely N-dealkylation sites (tertiary alicyclic amines) is 1. The van der Waals surface area contributed by atoms with E-state index in [1.54, 1.807) is 27.4 Å². The summed E-state index contributed by atoms with van der Waals surface area (Å²) < 4.78 is 27.4. The van der Waals surface area contributed by atoms with Gasteiger partial charge in [-0.05, 0) is 43.9 Å². The molecule has 1 unspecified atom stereocenters. The fraction of sp³-hybridized carbons (Fsp3) is 0.611. The Morgan fingerprint density at radius 2 is 1.80 bits per heavy atom. The molecule has 0 spiro atoms. The number of carbonyl (C=O) groups is 1. The Labute approximate surface area is 150 Å². The van der Waals surface area contributed by atoms with Crippen LogP contribution in [0, 0.1) is 0 Å². The lowest BCUT2D eigenvalue weighted by Gasteiger charge is -2.24. The Morgan fingerprint density at radius 3 is 2.48 bits per heavy atom. The largest absolute Gasteiger partial charge is 0.334 e. The van der Waals surface area contributed by atoms with Gasteiger partial charge in [0.2, 0.25) is 10.0 Å². The first-order chi connectivity index (χ1) is 12.0. The van der Waals surface area contributed by atoms with Crippen LogP contribution in [-0.4, -0.2) is 55.8 Å². The van der Waals surface area contributed by atoms with Crippen LogP contribution in [-0.2, 0) is 10.0 Å². The lowest BCUT2D eigenvalue weighted by Crippen LogP contribution is -2.40. The lowest BCUT2D eigenvalue weighted by atomic mass is 10.1. The molecule has 2 aliphatic rings. The molecule has 2 fully saturated rings. The van der Waals surface area contributed by atoms with Gasteiger partial charge in [0.05, 0.1) is 4.90 Å². The molecule has 0 aromatic heterocycles. The smallest absolute Gasteiger partial charge is 0.254 e. The predicted molar refractivity (Wildman–Crippen MR) is 96.8 cm³/mol. The van der Waals surface area contributed by atoms with Crippen molar-refractivity contribution in [2.75, 3.05) is 26.2 Å². The van der Waals surface area contributed by atoms with Crippen molar-refractivity contribution in [1.82, 2.24) is 9.21 Å². The highest BCUT2D eigenvalue weighted by Gasteiger charge is 2.30. The van der Waals surface area contributed by atoms with E-state index in [4.69, 9.17) is 5.73 Å². The maximum atomic E-state index is 12.9. The van der Waals surface area contributed by atoms with Crippen molar-refractivity contribution >= 4 is 15.9 Å². The summed E-state index contributed by atoms with van der Waals surface area (Å²) in [7, 11) is -3.55. The van der Waals surface area contributed by atoms with E-state index >= 15 is 0 Å². The summed E-state index contributed by atoms with van der Waals surface area (Å²) in [5.41, 5.74) is 6.18. The average molecular weight is 365 g/mol. The van der Waals surface area contributed by atoms with E-state index in [1.165, 1.54) is 6.07 Å².